The van der Waals surface area contributed by atoms with Crippen LogP contribution in [-0.4, -0.2) is 0 Å². The van der Waals surface area contributed by atoms with Gasteiger partial charge in [-0.2, -0.15) is 0 Å². The van der Waals surface area contributed by atoms with Crippen LogP contribution in [0.5, 0.6) is 0 Å². The topological polar surface area (TPSA) is 0 Å². The van der Waals surface area contributed by atoms with Crippen molar-refractivity contribution in [2.75, 3.05) is 0 Å². The predicted molar refractivity (Wildman–Crippen MR) is 58.4 cm³/mol. The highest BCUT2D eigenvalue weighted by molar-refractivity contribution is 9.11. The van der Waals surface area contributed by atoms with Crippen LogP contribution in [0.3, 0.4) is 0 Å². The first-order chi connectivity index (χ1) is 5.79. The van der Waals surface area contributed by atoms with Crippen LogP contribution in [-0.2, 0) is 6.42 Å². The van der Waals surface area contributed by atoms with Crippen molar-refractivity contribution in [3.8, 4) is 0 Å². The monoisotopic (exact) mass is 224 g/mol. The van der Waals surface area contributed by atoms with E-state index in [0.29, 0.717) is 0 Å². The number of allylic oxidation sites excluding steroid dienone is 1. The number of hydrogen-bond acceptors (Lipinski definition) is 0. The van der Waals surface area contributed by atoms with E-state index in [0.717, 1.165) is 6.42 Å². The lowest BCUT2D eigenvalue weighted by atomic mass is 10.0. The smallest absolute Gasteiger partial charge is 0.0153 e. The molecule has 0 spiro atoms. The average molecular weight is 225 g/mol. The van der Waals surface area contributed by atoms with Crippen molar-refractivity contribution in [2.24, 2.45) is 0 Å². The zero-order valence-corrected chi connectivity index (χ0v) is 9.06. The molecule has 0 aliphatic carbocycles. The Morgan fingerprint density at radius 1 is 1.42 bits per heavy atom. The van der Waals surface area contributed by atoms with Crippen molar-refractivity contribution in [1.82, 2.24) is 0 Å². The molecular formula is C11H13Br. The third-order valence-corrected chi connectivity index (χ3v) is 2.67. The molecule has 0 aromatic heterocycles. The van der Waals surface area contributed by atoms with E-state index in [-0.39, 0.29) is 0 Å². The molecular weight excluding hydrogens is 212 g/mol. The minimum atomic E-state index is 1.09. The summed E-state index contributed by atoms with van der Waals surface area (Å²) in [5.74, 6) is 0. The number of aryl methyl sites for hydroxylation is 1. The second-order valence-electron chi connectivity index (χ2n) is 2.80. The molecule has 0 aliphatic rings. The second-order valence-corrected chi connectivity index (χ2v) is 3.26. The fourth-order valence-electron chi connectivity index (χ4n) is 1.27. The highest BCUT2D eigenvalue weighted by Crippen LogP contribution is 2.19. The maximum Gasteiger partial charge on any atom is -0.0153 e. The lowest BCUT2D eigenvalue weighted by Gasteiger charge is -2.06. The van der Waals surface area contributed by atoms with Crippen molar-refractivity contribution in [3.63, 3.8) is 0 Å². The normalized spacial score (nSPS) is 11.8. The van der Waals surface area contributed by atoms with Crippen LogP contribution in [0.25, 0.3) is 5.57 Å². The van der Waals surface area contributed by atoms with Crippen LogP contribution >= 0.6 is 15.9 Å². The number of halogens is 1. The number of hydrogen-bond donors (Lipinski definition) is 0. The van der Waals surface area contributed by atoms with E-state index in [2.05, 4.69) is 54.0 Å². The van der Waals surface area contributed by atoms with E-state index in [1.54, 1.807) is 0 Å². The quantitative estimate of drug-likeness (QED) is 0.713. The number of benzene rings is 1. The van der Waals surface area contributed by atoms with Gasteiger partial charge < -0.3 is 0 Å². The van der Waals surface area contributed by atoms with Gasteiger partial charge in [-0.05, 0) is 35.0 Å². The summed E-state index contributed by atoms with van der Waals surface area (Å²) in [5.41, 5.74) is 4.04. The molecule has 0 nitrogen and oxygen atoms in total. The lowest BCUT2D eigenvalue weighted by Crippen LogP contribution is -1.88. The van der Waals surface area contributed by atoms with E-state index in [9.17, 15) is 0 Å². The Labute approximate surface area is 82.4 Å². The van der Waals surface area contributed by atoms with Gasteiger partial charge in [0.25, 0.3) is 0 Å². The van der Waals surface area contributed by atoms with Gasteiger partial charge in [0.2, 0.25) is 0 Å². The maximum absolute atomic E-state index is 3.35. The molecule has 1 rings (SSSR count). The summed E-state index contributed by atoms with van der Waals surface area (Å²) in [4.78, 5) is 1.97. The molecule has 0 N–H and O–H groups in total. The molecule has 0 saturated heterocycles. The Bertz CT molecular complexity index is 287. The van der Waals surface area contributed by atoms with Crippen LogP contribution in [0.1, 0.15) is 25.0 Å². The average Bonchev–Trinajstić information content (AvgIpc) is 2.16. The van der Waals surface area contributed by atoms with Gasteiger partial charge in [0.05, 0.1) is 0 Å². The Hall–Kier alpha value is -0.560. The Kier molecular flexibility index (Phi) is 3.54. The molecule has 0 saturated carbocycles. The SMILES string of the molecule is CCc1ccccc1/C(C)=C\Br. The van der Waals surface area contributed by atoms with E-state index in [1.807, 2.05) is 4.99 Å². The lowest BCUT2D eigenvalue weighted by molar-refractivity contribution is 1.13. The van der Waals surface area contributed by atoms with E-state index in [1.165, 1.54) is 16.7 Å². The molecule has 1 heteroatoms. The Morgan fingerprint density at radius 3 is 2.67 bits per heavy atom. The molecule has 0 amide bonds. The fraction of sp³-hybridized carbons (Fsp3) is 0.273. The van der Waals surface area contributed by atoms with Crippen LogP contribution in [0.2, 0.25) is 0 Å². The van der Waals surface area contributed by atoms with Gasteiger partial charge in [-0.3, -0.25) is 0 Å². The fourth-order valence-corrected chi connectivity index (χ4v) is 1.52. The maximum atomic E-state index is 3.35. The van der Waals surface area contributed by atoms with Gasteiger partial charge in [-0.25, -0.2) is 0 Å². The minimum Gasteiger partial charge on any atom is -0.0620 e. The molecule has 0 fully saturated rings. The van der Waals surface area contributed by atoms with Crippen molar-refractivity contribution < 1.29 is 0 Å². The molecule has 0 heterocycles. The van der Waals surface area contributed by atoms with Gasteiger partial charge >= 0.3 is 0 Å². The largest absolute Gasteiger partial charge is 0.0620 e. The Balaban J connectivity index is 3.13. The zero-order valence-electron chi connectivity index (χ0n) is 7.47. The van der Waals surface area contributed by atoms with Crippen LogP contribution in [0.15, 0.2) is 29.3 Å². The summed E-state index contributed by atoms with van der Waals surface area (Å²) in [6.45, 7) is 4.30. The predicted octanol–water partition coefficient (Wildman–Crippen LogP) is 4.00. The van der Waals surface area contributed by atoms with Crippen molar-refractivity contribution >= 4 is 21.5 Å². The molecule has 0 unspecified atom stereocenters. The minimum absolute atomic E-state index is 1.09. The summed E-state index contributed by atoms with van der Waals surface area (Å²) in [7, 11) is 0. The molecule has 1 aromatic rings. The summed E-state index contributed by atoms with van der Waals surface area (Å²) >= 11 is 3.35. The first kappa shape index (κ1) is 9.53. The molecule has 1 aromatic carbocycles. The summed E-state index contributed by atoms with van der Waals surface area (Å²) in [6.07, 6.45) is 1.09. The van der Waals surface area contributed by atoms with Crippen molar-refractivity contribution in [1.29, 1.82) is 0 Å². The van der Waals surface area contributed by atoms with Gasteiger partial charge in [-0.1, -0.05) is 47.1 Å². The summed E-state index contributed by atoms with van der Waals surface area (Å²) < 4.78 is 0. The molecule has 0 radical (unpaired) electrons. The number of rotatable bonds is 2. The van der Waals surface area contributed by atoms with E-state index < -0.39 is 0 Å². The highest BCUT2D eigenvalue weighted by Gasteiger charge is 1.99. The van der Waals surface area contributed by atoms with Gasteiger partial charge in [0, 0.05) is 0 Å². The zero-order chi connectivity index (χ0) is 8.97. The van der Waals surface area contributed by atoms with Crippen molar-refractivity contribution in [3.05, 3.63) is 40.4 Å². The summed E-state index contributed by atoms with van der Waals surface area (Å²) in [6, 6.07) is 8.50. The first-order valence-corrected chi connectivity index (χ1v) is 5.06. The second kappa shape index (κ2) is 4.46. The highest BCUT2D eigenvalue weighted by atomic mass is 79.9. The van der Waals surface area contributed by atoms with Gasteiger partial charge in [0.1, 0.15) is 0 Å². The summed E-state index contributed by atoms with van der Waals surface area (Å²) in [5, 5.41) is 0. The van der Waals surface area contributed by atoms with Crippen LogP contribution in [0.4, 0.5) is 0 Å². The van der Waals surface area contributed by atoms with Gasteiger partial charge in [-0.15, -0.1) is 0 Å². The molecule has 0 aliphatic heterocycles. The first-order valence-electron chi connectivity index (χ1n) is 4.14. The standard InChI is InChI=1S/C11H13Br/c1-3-10-6-4-5-7-11(10)9(2)8-12/h4-8H,3H2,1-2H3/b9-8-. The third kappa shape index (κ3) is 1.98. The van der Waals surface area contributed by atoms with Crippen molar-refractivity contribution in [2.45, 2.75) is 20.3 Å². The molecule has 12 heavy (non-hydrogen) atoms. The van der Waals surface area contributed by atoms with E-state index in [4.69, 9.17) is 0 Å². The molecule has 64 valence electrons. The molecule has 0 bridgehead atoms. The Morgan fingerprint density at radius 2 is 2.08 bits per heavy atom. The third-order valence-electron chi connectivity index (χ3n) is 1.99. The molecule has 0 atom stereocenters. The van der Waals surface area contributed by atoms with E-state index >= 15 is 0 Å². The van der Waals surface area contributed by atoms with Crippen LogP contribution in [0, 0.1) is 0 Å². The van der Waals surface area contributed by atoms with Gasteiger partial charge in [0.15, 0.2) is 0 Å². The van der Waals surface area contributed by atoms with Crippen LogP contribution < -0.4 is 0 Å².